The molecule has 0 bridgehead atoms. The van der Waals surface area contributed by atoms with Gasteiger partial charge >= 0.3 is 6.18 Å². The Morgan fingerprint density at radius 3 is 2.27 bits per heavy atom. The Morgan fingerprint density at radius 2 is 1.77 bits per heavy atom. The van der Waals surface area contributed by atoms with Crippen LogP contribution in [0.1, 0.15) is 33.6 Å². The summed E-state index contributed by atoms with van der Waals surface area (Å²) in [6, 6.07) is 0. The molecule has 1 fully saturated rings. The molecule has 1 heterocycles. The van der Waals surface area contributed by atoms with Crippen LogP contribution in [-0.2, 0) is 9.59 Å². The van der Waals surface area contributed by atoms with E-state index in [9.17, 15) is 22.8 Å². The van der Waals surface area contributed by atoms with E-state index >= 15 is 0 Å². The van der Waals surface area contributed by atoms with Gasteiger partial charge in [0.05, 0.1) is 5.57 Å². The number of nitrogens with two attached hydrogens (primary N) is 1. The zero-order valence-corrected chi connectivity index (χ0v) is 17.9. The summed E-state index contributed by atoms with van der Waals surface area (Å²) in [6.45, 7) is 12.4. The van der Waals surface area contributed by atoms with Crippen molar-refractivity contribution in [1.82, 2.24) is 15.5 Å². The number of allylic oxidation sites excluding steroid dienone is 2. The highest BCUT2D eigenvalue weighted by atomic mass is 19.4. The number of nitrogens with zero attached hydrogens (tertiary/aromatic N) is 1. The molecule has 0 saturated carbocycles. The summed E-state index contributed by atoms with van der Waals surface area (Å²) in [7, 11) is 0. The first-order chi connectivity index (χ1) is 13.8. The quantitative estimate of drug-likeness (QED) is 0.408. The van der Waals surface area contributed by atoms with Crippen molar-refractivity contribution in [2.24, 2.45) is 17.1 Å². The monoisotopic (exact) mass is 430 g/mol. The van der Waals surface area contributed by atoms with Crippen LogP contribution in [0.2, 0.25) is 0 Å². The summed E-state index contributed by atoms with van der Waals surface area (Å²) in [6.07, 6.45) is -0.741. The predicted octanol–water partition coefficient (Wildman–Crippen LogP) is 2.49. The lowest BCUT2D eigenvalue weighted by atomic mass is 9.95. The van der Waals surface area contributed by atoms with Crippen molar-refractivity contribution in [3.8, 4) is 0 Å². The van der Waals surface area contributed by atoms with Crippen molar-refractivity contribution in [2.45, 2.75) is 39.8 Å². The molecule has 1 saturated heterocycles. The first-order valence-corrected chi connectivity index (χ1v) is 9.99. The van der Waals surface area contributed by atoms with E-state index < -0.39 is 23.1 Å². The van der Waals surface area contributed by atoms with E-state index in [4.69, 9.17) is 5.73 Å². The van der Waals surface area contributed by atoms with Crippen LogP contribution in [0.25, 0.3) is 0 Å². The van der Waals surface area contributed by atoms with Gasteiger partial charge in [-0.1, -0.05) is 27.4 Å². The maximum Gasteiger partial charge on any atom is 0.416 e. The highest BCUT2D eigenvalue weighted by Gasteiger charge is 2.32. The normalized spacial score (nSPS) is 17.2. The number of likely N-dealkylation sites (tertiary alicyclic amines) is 1. The number of carbonyl (C=O) groups excluding carboxylic acids is 2. The molecule has 1 aliphatic heterocycles. The first kappa shape index (κ1) is 25.7. The highest BCUT2D eigenvalue weighted by molar-refractivity contribution is 5.95. The minimum Gasteiger partial charge on any atom is -0.405 e. The van der Waals surface area contributed by atoms with Gasteiger partial charge in [-0.15, -0.1) is 0 Å². The van der Waals surface area contributed by atoms with Crippen LogP contribution in [0.3, 0.4) is 0 Å². The second-order valence-corrected chi connectivity index (χ2v) is 8.48. The van der Waals surface area contributed by atoms with Crippen LogP contribution in [-0.4, -0.2) is 55.6 Å². The summed E-state index contributed by atoms with van der Waals surface area (Å²) < 4.78 is 38.6. The van der Waals surface area contributed by atoms with Crippen LogP contribution in [0.4, 0.5) is 13.2 Å². The van der Waals surface area contributed by atoms with Crippen molar-refractivity contribution in [3.05, 3.63) is 36.1 Å². The Balaban J connectivity index is 2.38. The van der Waals surface area contributed by atoms with Crippen molar-refractivity contribution in [2.75, 3.05) is 32.7 Å². The van der Waals surface area contributed by atoms with Crippen LogP contribution >= 0.6 is 0 Å². The molecule has 0 aromatic heterocycles. The van der Waals surface area contributed by atoms with Crippen LogP contribution in [0, 0.1) is 11.3 Å². The number of carbonyl (C=O) groups is 2. The van der Waals surface area contributed by atoms with Gasteiger partial charge in [-0.05, 0) is 50.2 Å². The topological polar surface area (TPSA) is 87.5 Å². The SMILES string of the molecule is C=C(/C=C(\C=C/N)C(F)(F)F)C(=O)NCC1CCN(CCNC(=O)C(C)(C)C)CC1. The Kier molecular flexibility index (Phi) is 9.61. The molecule has 0 radical (unpaired) electrons. The third kappa shape index (κ3) is 9.02. The molecule has 0 aromatic rings. The molecular weight excluding hydrogens is 397 g/mol. The smallest absolute Gasteiger partial charge is 0.405 e. The fourth-order valence-electron chi connectivity index (χ4n) is 2.94. The molecule has 0 atom stereocenters. The second kappa shape index (κ2) is 11.2. The van der Waals surface area contributed by atoms with E-state index in [1.165, 1.54) is 0 Å². The van der Waals surface area contributed by atoms with Gasteiger partial charge < -0.3 is 21.3 Å². The molecule has 6 nitrogen and oxygen atoms in total. The van der Waals surface area contributed by atoms with Crippen LogP contribution in [0.15, 0.2) is 36.1 Å². The lowest BCUT2D eigenvalue weighted by Gasteiger charge is -2.32. The molecule has 0 spiro atoms. The standard InChI is InChI=1S/C21H33F3N4O2/c1-15(13-17(5-8-25)21(22,23)24)18(29)27-14-16-6-10-28(11-7-16)12-9-26-19(30)20(2,3)4/h5,8,13,16H,1,6-7,9-12,14,25H2,2-4H3,(H,26,30)(H,27,29)/b8-5-,17-13+. The zero-order chi connectivity index (χ0) is 22.9. The molecule has 0 aromatic carbocycles. The molecular formula is C21H33F3N4O2. The molecule has 1 rings (SSSR count). The minimum atomic E-state index is -4.61. The Bertz CT molecular complexity index is 671. The van der Waals surface area contributed by atoms with E-state index in [1.54, 1.807) is 0 Å². The van der Waals surface area contributed by atoms with Gasteiger partial charge in [-0.25, -0.2) is 0 Å². The summed E-state index contributed by atoms with van der Waals surface area (Å²) in [4.78, 5) is 26.2. The highest BCUT2D eigenvalue weighted by Crippen LogP contribution is 2.27. The third-order valence-corrected chi connectivity index (χ3v) is 4.88. The largest absolute Gasteiger partial charge is 0.416 e. The Morgan fingerprint density at radius 1 is 1.17 bits per heavy atom. The van der Waals surface area contributed by atoms with Gasteiger partial charge in [0.25, 0.3) is 5.91 Å². The van der Waals surface area contributed by atoms with Crippen molar-refractivity contribution < 1.29 is 22.8 Å². The third-order valence-electron chi connectivity index (χ3n) is 4.88. The van der Waals surface area contributed by atoms with Crippen LogP contribution in [0.5, 0.6) is 0 Å². The van der Waals surface area contributed by atoms with Gasteiger partial charge in [0.15, 0.2) is 0 Å². The van der Waals surface area contributed by atoms with Gasteiger partial charge in [0.2, 0.25) is 5.91 Å². The summed E-state index contributed by atoms with van der Waals surface area (Å²) in [5.41, 5.74) is 3.32. The molecule has 4 N–H and O–H groups in total. The van der Waals surface area contributed by atoms with Crippen LogP contribution < -0.4 is 16.4 Å². The molecule has 1 aliphatic rings. The lowest BCUT2D eigenvalue weighted by molar-refractivity contribution is -0.128. The molecule has 170 valence electrons. The number of piperidine rings is 1. The van der Waals surface area contributed by atoms with E-state index in [1.807, 2.05) is 20.8 Å². The average Bonchev–Trinajstić information content (AvgIpc) is 2.65. The average molecular weight is 431 g/mol. The predicted molar refractivity (Wildman–Crippen MR) is 111 cm³/mol. The van der Waals surface area contributed by atoms with E-state index in [2.05, 4.69) is 22.1 Å². The fraction of sp³-hybridized carbons (Fsp3) is 0.619. The maximum absolute atomic E-state index is 12.9. The van der Waals surface area contributed by atoms with E-state index in [0.29, 0.717) is 25.2 Å². The molecule has 0 aliphatic carbocycles. The Labute approximate surface area is 176 Å². The second-order valence-electron chi connectivity index (χ2n) is 8.48. The number of nitrogens with one attached hydrogen (secondary N) is 2. The first-order valence-electron chi connectivity index (χ1n) is 9.99. The number of hydrogen-bond donors (Lipinski definition) is 3. The zero-order valence-electron chi connectivity index (χ0n) is 17.9. The fourth-order valence-corrected chi connectivity index (χ4v) is 2.94. The molecule has 9 heteroatoms. The molecule has 2 amide bonds. The number of hydrogen-bond acceptors (Lipinski definition) is 4. The van der Waals surface area contributed by atoms with Crippen molar-refractivity contribution in [3.63, 3.8) is 0 Å². The van der Waals surface area contributed by atoms with E-state index in [0.717, 1.165) is 38.7 Å². The lowest BCUT2D eigenvalue weighted by Crippen LogP contribution is -2.43. The molecule has 30 heavy (non-hydrogen) atoms. The number of rotatable bonds is 8. The Hall–Kier alpha value is -2.29. The number of alkyl halides is 3. The summed E-state index contributed by atoms with van der Waals surface area (Å²) in [5.74, 6) is -0.364. The molecule has 0 unspecified atom stereocenters. The summed E-state index contributed by atoms with van der Waals surface area (Å²) in [5, 5.41) is 5.58. The van der Waals surface area contributed by atoms with Crippen molar-refractivity contribution in [1.29, 1.82) is 0 Å². The van der Waals surface area contributed by atoms with E-state index in [-0.39, 0.29) is 17.4 Å². The van der Waals surface area contributed by atoms with Crippen molar-refractivity contribution >= 4 is 11.8 Å². The number of halogens is 3. The number of amides is 2. The summed E-state index contributed by atoms with van der Waals surface area (Å²) >= 11 is 0. The van der Waals surface area contributed by atoms with Gasteiger partial charge in [-0.3, -0.25) is 9.59 Å². The minimum absolute atomic E-state index is 0.0185. The van der Waals surface area contributed by atoms with Gasteiger partial charge in [0.1, 0.15) is 0 Å². The maximum atomic E-state index is 12.9. The van der Waals surface area contributed by atoms with Gasteiger partial charge in [0, 0.05) is 30.6 Å². The van der Waals surface area contributed by atoms with Gasteiger partial charge in [-0.2, -0.15) is 13.2 Å².